The van der Waals surface area contributed by atoms with E-state index in [-0.39, 0.29) is 18.9 Å². The first-order valence-corrected chi connectivity index (χ1v) is 6.20. The number of carbonyl (C=O) groups is 2. The summed E-state index contributed by atoms with van der Waals surface area (Å²) in [6.07, 6.45) is -0.739. The second kappa shape index (κ2) is 7.13. The Morgan fingerprint density at radius 1 is 1.39 bits per heavy atom. The van der Waals surface area contributed by atoms with E-state index in [9.17, 15) is 9.59 Å². The number of nitrogens with one attached hydrogen (secondary N) is 1. The van der Waals surface area contributed by atoms with Crippen LogP contribution in [0, 0.1) is 0 Å². The Labute approximate surface area is 113 Å². The second-order valence-electron chi connectivity index (χ2n) is 3.79. The molecule has 0 aliphatic carbocycles. The summed E-state index contributed by atoms with van der Waals surface area (Å²) in [7, 11) is 0. The summed E-state index contributed by atoms with van der Waals surface area (Å²) in [5.74, 6) is -1.63. The number of aryl methyl sites for hydroxylation is 1. The zero-order valence-electron chi connectivity index (χ0n) is 9.60. The van der Waals surface area contributed by atoms with Crippen LogP contribution in [0.5, 0.6) is 0 Å². The Balaban J connectivity index is 2.31. The first-order chi connectivity index (χ1) is 8.49. The fourth-order valence-electron chi connectivity index (χ4n) is 1.34. The van der Waals surface area contributed by atoms with Gasteiger partial charge in [-0.3, -0.25) is 4.79 Å². The Bertz CT molecular complexity index is 436. The number of benzene rings is 1. The van der Waals surface area contributed by atoms with E-state index in [1.807, 2.05) is 24.3 Å². The van der Waals surface area contributed by atoms with Gasteiger partial charge in [-0.1, -0.05) is 28.1 Å². The van der Waals surface area contributed by atoms with E-state index >= 15 is 0 Å². The molecule has 0 aliphatic heterocycles. The highest BCUT2D eigenvalue weighted by Crippen LogP contribution is 2.12. The minimum atomic E-state index is -1.56. The average molecular weight is 316 g/mol. The second-order valence-corrected chi connectivity index (χ2v) is 4.70. The van der Waals surface area contributed by atoms with Crippen LogP contribution in [0.2, 0.25) is 0 Å². The quantitative estimate of drug-likeness (QED) is 0.729. The van der Waals surface area contributed by atoms with Crippen LogP contribution in [0.4, 0.5) is 0 Å². The lowest BCUT2D eigenvalue weighted by Gasteiger charge is -2.07. The summed E-state index contributed by atoms with van der Waals surface area (Å²) in [4.78, 5) is 21.7. The molecular formula is C12H14BrNO4. The molecule has 1 aromatic rings. The number of hydrogen-bond donors (Lipinski definition) is 3. The number of rotatable bonds is 6. The molecule has 3 N–H and O–H groups in total. The monoisotopic (exact) mass is 315 g/mol. The highest BCUT2D eigenvalue weighted by Gasteiger charge is 2.13. The van der Waals surface area contributed by atoms with Gasteiger partial charge < -0.3 is 15.5 Å². The van der Waals surface area contributed by atoms with Gasteiger partial charge in [0.15, 0.2) is 6.10 Å². The number of amides is 1. The largest absolute Gasteiger partial charge is 0.479 e. The van der Waals surface area contributed by atoms with Crippen LogP contribution < -0.4 is 5.32 Å². The molecule has 0 radical (unpaired) electrons. The van der Waals surface area contributed by atoms with Gasteiger partial charge in [0.1, 0.15) is 0 Å². The normalized spacial score (nSPS) is 11.9. The smallest absolute Gasteiger partial charge is 0.334 e. The van der Waals surface area contributed by atoms with Crippen LogP contribution >= 0.6 is 15.9 Å². The number of aliphatic carboxylic acids is 1. The maximum Gasteiger partial charge on any atom is 0.334 e. The molecule has 0 bridgehead atoms. The van der Waals surface area contributed by atoms with Crippen molar-refractivity contribution < 1.29 is 19.8 Å². The van der Waals surface area contributed by atoms with Crippen molar-refractivity contribution in [3.63, 3.8) is 0 Å². The van der Waals surface area contributed by atoms with E-state index in [0.29, 0.717) is 6.42 Å². The molecule has 1 aromatic carbocycles. The minimum absolute atomic E-state index is 0.253. The number of carbonyl (C=O) groups excluding carboxylic acids is 1. The molecule has 18 heavy (non-hydrogen) atoms. The SMILES string of the molecule is O=C(CCc1cccc(Br)c1)NC[C@H](O)C(=O)O. The summed E-state index contributed by atoms with van der Waals surface area (Å²) in [5, 5.41) is 19.8. The molecule has 5 nitrogen and oxygen atoms in total. The molecule has 0 spiro atoms. The summed E-state index contributed by atoms with van der Waals surface area (Å²) >= 11 is 3.34. The standard InChI is InChI=1S/C12H14BrNO4/c13-9-3-1-2-8(6-9)4-5-11(16)14-7-10(15)12(17)18/h1-3,6,10,15H,4-5,7H2,(H,14,16)(H,17,18)/t10-/m0/s1. The molecule has 0 fully saturated rings. The number of carboxylic acid groups (broad SMARTS) is 1. The molecule has 1 rings (SSSR count). The molecule has 1 amide bonds. The van der Waals surface area contributed by atoms with Crippen molar-refractivity contribution in [2.24, 2.45) is 0 Å². The molecule has 0 saturated heterocycles. The van der Waals surface area contributed by atoms with Gasteiger partial charge >= 0.3 is 5.97 Å². The van der Waals surface area contributed by atoms with Gasteiger partial charge in [0, 0.05) is 10.9 Å². The number of aliphatic hydroxyl groups is 1. The van der Waals surface area contributed by atoms with Crippen LogP contribution in [-0.2, 0) is 16.0 Å². The summed E-state index contributed by atoms with van der Waals surface area (Å²) in [6.45, 7) is -0.271. The fraction of sp³-hybridized carbons (Fsp3) is 0.333. The summed E-state index contributed by atoms with van der Waals surface area (Å²) < 4.78 is 0.946. The van der Waals surface area contributed by atoms with Gasteiger partial charge in [0.25, 0.3) is 0 Å². The maximum absolute atomic E-state index is 11.4. The third kappa shape index (κ3) is 5.29. The lowest BCUT2D eigenvalue weighted by Crippen LogP contribution is -2.36. The van der Waals surface area contributed by atoms with Crippen LogP contribution in [-0.4, -0.2) is 34.7 Å². The van der Waals surface area contributed by atoms with Gasteiger partial charge in [-0.05, 0) is 24.1 Å². The molecular weight excluding hydrogens is 302 g/mol. The van der Waals surface area contributed by atoms with E-state index in [1.165, 1.54) is 0 Å². The van der Waals surface area contributed by atoms with E-state index in [1.54, 1.807) is 0 Å². The van der Waals surface area contributed by atoms with Crippen molar-refractivity contribution in [3.05, 3.63) is 34.3 Å². The van der Waals surface area contributed by atoms with Crippen molar-refractivity contribution in [2.75, 3.05) is 6.54 Å². The Kier molecular flexibility index (Phi) is 5.80. The molecule has 0 unspecified atom stereocenters. The van der Waals surface area contributed by atoms with Gasteiger partial charge in [-0.2, -0.15) is 0 Å². The summed E-state index contributed by atoms with van der Waals surface area (Å²) in [5.41, 5.74) is 1.01. The fourth-order valence-corrected chi connectivity index (χ4v) is 1.78. The first-order valence-electron chi connectivity index (χ1n) is 5.41. The van der Waals surface area contributed by atoms with Gasteiger partial charge in [0.05, 0.1) is 6.54 Å². The molecule has 98 valence electrons. The number of aliphatic hydroxyl groups excluding tert-OH is 1. The van der Waals surface area contributed by atoms with Gasteiger partial charge in [-0.15, -0.1) is 0 Å². The van der Waals surface area contributed by atoms with Gasteiger partial charge in [-0.25, -0.2) is 4.79 Å². The van der Waals surface area contributed by atoms with Gasteiger partial charge in [0.2, 0.25) is 5.91 Å². The Morgan fingerprint density at radius 2 is 2.11 bits per heavy atom. The molecule has 6 heteroatoms. The van der Waals surface area contributed by atoms with E-state index in [2.05, 4.69) is 21.2 Å². The van der Waals surface area contributed by atoms with Crippen LogP contribution in [0.1, 0.15) is 12.0 Å². The minimum Gasteiger partial charge on any atom is -0.479 e. The third-order valence-corrected chi connectivity index (χ3v) is 2.80. The Morgan fingerprint density at radius 3 is 2.72 bits per heavy atom. The molecule has 0 heterocycles. The van der Waals surface area contributed by atoms with Crippen molar-refractivity contribution in [2.45, 2.75) is 18.9 Å². The molecule has 1 atom stereocenters. The average Bonchev–Trinajstić information content (AvgIpc) is 2.33. The topological polar surface area (TPSA) is 86.6 Å². The molecule has 0 aliphatic rings. The lowest BCUT2D eigenvalue weighted by atomic mass is 10.1. The van der Waals surface area contributed by atoms with Crippen molar-refractivity contribution >= 4 is 27.8 Å². The van der Waals surface area contributed by atoms with E-state index in [0.717, 1.165) is 10.0 Å². The van der Waals surface area contributed by atoms with E-state index < -0.39 is 12.1 Å². The molecule has 0 saturated carbocycles. The predicted octanol–water partition coefficient (Wildman–Crippen LogP) is 0.943. The third-order valence-electron chi connectivity index (χ3n) is 2.31. The van der Waals surface area contributed by atoms with Crippen molar-refractivity contribution in [1.29, 1.82) is 0 Å². The zero-order valence-corrected chi connectivity index (χ0v) is 11.2. The van der Waals surface area contributed by atoms with Crippen LogP contribution in [0.3, 0.4) is 0 Å². The predicted molar refractivity (Wildman–Crippen MR) is 69.1 cm³/mol. The number of carboxylic acids is 1. The van der Waals surface area contributed by atoms with Crippen LogP contribution in [0.15, 0.2) is 28.7 Å². The molecule has 0 aromatic heterocycles. The number of halogens is 1. The summed E-state index contributed by atoms with van der Waals surface area (Å²) in [6, 6.07) is 7.60. The van der Waals surface area contributed by atoms with Crippen LogP contribution in [0.25, 0.3) is 0 Å². The Hall–Kier alpha value is -1.40. The van der Waals surface area contributed by atoms with Crippen molar-refractivity contribution in [1.82, 2.24) is 5.32 Å². The number of hydrogen-bond acceptors (Lipinski definition) is 3. The first kappa shape index (κ1) is 14.7. The van der Waals surface area contributed by atoms with E-state index in [4.69, 9.17) is 10.2 Å². The lowest BCUT2D eigenvalue weighted by molar-refractivity contribution is -0.146. The zero-order chi connectivity index (χ0) is 13.5. The van der Waals surface area contributed by atoms with Crippen molar-refractivity contribution in [3.8, 4) is 0 Å². The maximum atomic E-state index is 11.4. The highest BCUT2D eigenvalue weighted by molar-refractivity contribution is 9.10. The highest BCUT2D eigenvalue weighted by atomic mass is 79.9.